The van der Waals surface area contributed by atoms with Gasteiger partial charge in [-0.3, -0.25) is 0 Å². The van der Waals surface area contributed by atoms with E-state index in [1.165, 1.54) is 5.56 Å². The second kappa shape index (κ2) is 6.60. The number of hydrogen-bond acceptors (Lipinski definition) is 1. The highest BCUT2D eigenvalue weighted by molar-refractivity contribution is 6.30. The highest BCUT2D eigenvalue weighted by Crippen LogP contribution is 2.29. The van der Waals surface area contributed by atoms with Crippen LogP contribution in [0.4, 0.5) is 0 Å². The molecule has 1 N–H and O–H groups in total. The van der Waals surface area contributed by atoms with Crippen molar-refractivity contribution in [3.8, 4) is 0 Å². The molecule has 0 fully saturated rings. The third kappa shape index (κ3) is 5.26. The molecule has 1 aromatic carbocycles. The van der Waals surface area contributed by atoms with Crippen molar-refractivity contribution in [1.82, 2.24) is 0 Å². The fraction of sp³-hybridized carbons (Fsp3) is 0.538. The molecule has 0 aliphatic rings. The number of nitrogens with zero attached hydrogens (tertiary/aromatic N) is 1. The van der Waals surface area contributed by atoms with Gasteiger partial charge in [0.2, 0.25) is 0 Å². The fourth-order valence-corrected chi connectivity index (χ4v) is 2.14. The molecule has 17 heavy (non-hydrogen) atoms. The lowest BCUT2D eigenvalue weighted by atomic mass is 9.98. The minimum atomic E-state index is -0.304. The maximum atomic E-state index is 9.57. The van der Waals surface area contributed by atoms with Crippen molar-refractivity contribution in [3.63, 3.8) is 0 Å². The highest BCUT2D eigenvalue weighted by atomic mass is 35.5. The number of halogens is 2. The summed E-state index contributed by atoms with van der Waals surface area (Å²) in [5.74, 6) is 0. The fourth-order valence-electron chi connectivity index (χ4n) is 1.94. The van der Waals surface area contributed by atoms with Gasteiger partial charge in [-0.05, 0) is 19.1 Å². The normalized spacial score (nSPS) is 14.9. The van der Waals surface area contributed by atoms with Crippen molar-refractivity contribution in [1.29, 1.82) is 0 Å². The lowest BCUT2D eigenvalue weighted by Gasteiger charge is -2.35. The molecule has 4 heteroatoms. The summed E-state index contributed by atoms with van der Waals surface area (Å²) in [6.07, 6.45) is 0.436. The van der Waals surface area contributed by atoms with Gasteiger partial charge in [-0.1, -0.05) is 23.7 Å². The van der Waals surface area contributed by atoms with Gasteiger partial charge in [0.25, 0.3) is 0 Å². The summed E-state index contributed by atoms with van der Waals surface area (Å²) in [6.45, 7) is 1.83. The third-order valence-electron chi connectivity index (χ3n) is 2.73. The molecule has 0 saturated heterocycles. The predicted octanol–water partition coefficient (Wildman–Crippen LogP) is -0.138. The van der Waals surface area contributed by atoms with Crippen molar-refractivity contribution in [2.24, 2.45) is 0 Å². The van der Waals surface area contributed by atoms with Crippen molar-refractivity contribution in [2.45, 2.75) is 25.5 Å². The van der Waals surface area contributed by atoms with E-state index in [1.807, 2.05) is 25.1 Å². The minimum absolute atomic E-state index is 0. The standard InChI is InChI=1S/C13H21ClNO.ClH/c1-10(16)8-13(15(2,3)4)11-6-5-7-12(14)9-11;/h5-7,9-10,13,16H,8H2,1-4H3;1H/q+1;/p-1. The minimum Gasteiger partial charge on any atom is -1.00 e. The molecule has 0 radical (unpaired) electrons. The summed E-state index contributed by atoms with van der Waals surface area (Å²) < 4.78 is 0.783. The molecule has 0 aliphatic carbocycles. The third-order valence-corrected chi connectivity index (χ3v) is 2.97. The number of benzene rings is 1. The van der Waals surface area contributed by atoms with E-state index in [0.717, 1.165) is 15.9 Å². The summed E-state index contributed by atoms with van der Waals surface area (Å²) in [4.78, 5) is 0. The van der Waals surface area contributed by atoms with Gasteiger partial charge in [0.1, 0.15) is 6.04 Å². The predicted molar refractivity (Wildman–Crippen MR) is 68.5 cm³/mol. The van der Waals surface area contributed by atoms with E-state index < -0.39 is 0 Å². The first-order chi connectivity index (χ1) is 7.30. The summed E-state index contributed by atoms with van der Waals surface area (Å²) in [5, 5.41) is 10.3. The number of hydrogen-bond donors (Lipinski definition) is 1. The molecule has 0 spiro atoms. The van der Waals surface area contributed by atoms with Crippen LogP contribution in [0, 0.1) is 0 Å². The number of quaternary nitrogens is 1. The van der Waals surface area contributed by atoms with E-state index in [9.17, 15) is 5.11 Å². The quantitative estimate of drug-likeness (QED) is 0.760. The highest BCUT2D eigenvalue weighted by Gasteiger charge is 2.27. The topological polar surface area (TPSA) is 20.2 Å². The number of rotatable bonds is 4. The Kier molecular flexibility index (Phi) is 6.49. The second-order valence-electron chi connectivity index (χ2n) is 5.27. The number of aliphatic hydroxyl groups is 1. The largest absolute Gasteiger partial charge is 1.00 e. The molecule has 2 unspecified atom stereocenters. The molecule has 0 amide bonds. The Morgan fingerprint density at radius 2 is 1.88 bits per heavy atom. The monoisotopic (exact) mass is 277 g/mol. The van der Waals surface area contributed by atoms with Crippen LogP contribution in [-0.2, 0) is 0 Å². The van der Waals surface area contributed by atoms with E-state index in [-0.39, 0.29) is 24.6 Å². The molecule has 2 atom stereocenters. The lowest BCUT2D eigenvalue weighted by Crippen LogP contribution is -3.00. The molecule has 1 rings (SSSR count). The van der Waals surface area contributed by atoms with Crippen LogP contribution in [0.15, 0.2) is 24.3 Å². The first-order valence-corrected chi connectivity index (χ1v) is 5.93. The zero-order chi connectivity index (χ0) is 12.3. The molecule has 98 valence electrons. The second-order valence-corrected chi connectivity index (χ2v) is 5.71. The van der Waals surface area contributed by atoms with E-state index in [0.29, 0.717) is 0 Å². The van der Waals surface area contributed by atoms with Crippen LogP contribution < -0.4 is 12.4 Å². The Bertz CT molecular complexity index is 348. The van der Waals surface area contributed by atoms with Gasteiger partial charge < -0.3 is 22.0 Å². The van der Waals surface area contributed by atoms with Crippen LogP contribution in [-0.4, -0.2) is 36.8 Å². The van der Waals surface area contributed by atoms with E-state index >= 15 is 0 Å². The smallest absolute Gasteiger partial charge is 0.117 e. The summed E-state index contributed by atoms with van der Waals surface area (Å²) in [6, 6.07) is 8.15. The van der Waals surface area contributed by atoms with Gasteiger partial charge in [-0.2, -0.15) is 0 Å². The van der Waals surface area contributed by atoms with Gasteiger partial charge in [0, 0.05) is 17.0 Å². The van der Waals surface area contributed by atoms with Crippen LogP contribution in [0.25, 0.3) is 0 Å². The van der Waals surface area contributed by atoms with Gasteiger partial charge >= 0.3 is 0 Å². The van der Waals surface area contributed by atoms with Crippen LogP contribution in [0.1, 0.15) is 24.9 Å². The summed E-state index contributed by atoms with van der Waals surface area (Å²) in [7, 11) is 6.40. The van der Waals surface area contributed by atoms with Crippen LogP contribution >= 0.6 is 11.6 Å². The van der Waals surface area contributed by atoms with Crippen molar-refractivity contribution >= 4 is 11.6 Å². The number of aliphatic hydroxyl groups excluding tert-OH is 1. The molecule has 0 saturated carbocycles. The maximum absolute atomic E-state index is 9.57. The van der Waals surface area contributed by atoms with Gasteiger partial charge in [0.15, 0.2) is 0 Å². The van der Waals surface area contributed by atoms with Gasteiger partial charge in [-0.15, -0.1) is 0 Å². The Hall–Kier alpha value is -0.280. The average molecular weight is 278 g/mol. The van der Waals surface area contributed by atoms with E-state index in [4.69, 9.17) is 11.6 Å². The average Bonchev–Trinajstić information content (AvgIpc) is 2.12. The van der Waals surface area contributed by atoms with Crippen LogP contribution in [0.2, 0.25) is 5.02 Å². The van der Waals surface area contributed by atoms with Crippen molar-refractivity contribution < 1.29 is 22.0 Å². The van der Waals surface area contributed by atoms with Crippen LogP contribution in [0.5, 0.6) is 0 Å². The Balaban J connectivity index is 0.00000256. The molecule has 2 nitrogen and oxygen atoms in total. The van der Waals surface area contributed by atoms with E-state index in [2.05, 4.69) is 27.2 Å². The molecule has 0 aliphatic heterocycles. The molecule has 0 bridgehead atoms. The maximum Gasteiger partial charge on any atom is 0.117 e. The Labute approximate surface area is 115 Å². The van der Waals surface area contributed by atoms with Crippen molar-refractivity contribution in [2.75, 3.05) is 21.1 Å². The first kappa shape index (κ1) is 16.7. The molecular formula is C13H21Cl2NO. The lowest BCUT2D eigenvalue weighted by molar-refractivity contribution is -0.903. The Morgan fingerprint density at radius 1 is 1.29 bits per heavy atom. The SMILES string of the molecule is CC(O)CC(c1cccc(Cl)c1)[N+](C)(C)C.[Cl-]. The molecule has 0 aromatic heterocycles. The van der Waals surface area contributed by atoms with Gasteiger partial charge in [0.05, 0.1) is 27.2 Å². The zero-order valence-electron chi connectivity index (χ0n) is 10.8. The zero-order valence-corrected chi connectivity index (χ0v) is 12.3. The first-order valence-electron chi connectivity index (χ1n) is 5.55. The molecule has 1 aromatic rings. The Morgan fingerprint density at radius 3 is 2.29 bits per heavy atom. The molecular weight excluding hydrogens is 257 g/mol. The van der Waals surface area contributed by atoms with E-state index in [1.54, 1.807) is 0 Å². The summed E-state index contributed by atoms with van der Waals surface area (Å²) >= 11 is 6.01. The summed E-state index contributed by atoms with van der Waals surface area (Å²) in [5.41, 5.74) is 1.18. The van der Waals surface area contributed by atoms with Crippen molar-refractivity contribution in [3.05, 3.63) is 34.9 Å². The van der Waals surface area contributed by atoms with Gasteiger partial charge in [-0.25, -0.2) is 0 Å². The molecule has 0 heterocycles. The van der Waals surface area contributed by atoms with Crippen LogP contribution in [0.3, 0.4) is 0 Å².